The second kappa shape index (κ2) is 5.97. The van der Waals surface area contributed by atoms with Gasteiger partial charge in [-0.2, -0.15) is 0 Å². The lowest BCUT2D eigenvalue weighted by Gasteiger charge is -2.16. The average Bonchev–Trinajstić information content (AvgIpc) is 2.36. The zero-order valence-corrected chi connectivity index (χ0v) is 11.1. The minimum absolute atomic E-state index is 0.00674. The molecule has 17 heavy (non-hydrogen) atoms. The van der Waals surface area contributed by atoms with Crippen LogP contribution in [-0.2, 0) is 0 Å². The van der Waals surface area contributed by atoms with Crippen LogP contribution >= 0.6 is 0 Å². The SMILES string of the molecule is CCC(C)C(O)C(=O)c1ccc(C(C)C)cc1. The molecule has 1 N–H and O–H groups in total. The molecule has 1 rings (SSSR count). The Morgan fingerprint density at radius 3 is 2.12 bits per heavy atom. The third-order valence-electron chi connectivity index (χ3n) is 3.31. The Kier molecular flexibility index (Phi) is 4.88. The topological polar surface area (TPSA) is 37.3 Å². The van der Waals surface area contributed by atoms with Crippen LogP contribution in [0.3, 0.4) is 0 Å². The van der Waals surface area contributed by atoms with Gasteiger partial charge in [-0.25, -0.2) is 0 Å². The molecular weight excluding hydrogens is 212 g/mol. The molecule has 94 valence electrons. The number of rotatable bonds is 5. The van der Waals surface area contributed by atoms with E-state index in [9.17, 15) is 9.90 Å². The monoisotopic (exact) mass is 234 g/mol. The van der Waals surface area contributed by atoms with Crippen molar-refractivity contribution in [3.05, 3.63) is 35.4 Å². The fourth-order valence-electron chi connectivity index (χ4n) is 1.68. The maximum Gasteiger partial charge on any atom is 0.191 e. The van der Waals surface area contributed by atoms with Crippen molar-refractivity contribution in [1.82, 2.24) is 0 Å². The van der Waals surface area contributed by atoms with Gasteiger partial charge in [0.25, 0.3) is 0 Å². The second-order valence-electron chi connectivity index (χ2n) is 4.97. The van der Waals surface area contributed by atoms with Gasteiger partial charge in [0.15, 0.2) is 5.78 Å². The number of hydrogen-bond acceptors (Lipinski definition) is 2. The van der Waals surface area contributed by atoms with E-state index in [0.29, 0.717) is 11.5 Å². The van der Waals surface area contributed by atoms with Crippen molar-refractivity contribution >= 4 is 5.78 Å². The number of benzene rings is 1. The molecule has 0 spiro atoms. The van der Waals surface area contributed by atoms with Gasteiger partial charge in [-0.15, -0.1) is 0 Å². The van der Waals surface area contributed by atoms with Crippen molar-refractivity contribution in [2.45, 2.75) is 46.1 Å². The summed E-state index contributed by atoms with van der Waals surface area (Å²) in [6.07, 6.45) is -0.0818. The van der Waals surface area contributed by atoms with Crippen LogP contribution in [0.4, 0.5) is 0 Å². The zero-order valence-electron chi connectivity index (χ0n) is 11.1. The van der Waals surface area contributed by atoms with Crippen LogP contribution in [0.25, 0.3) is 0 Å². The molecule has 0 saturated carbocycles. The van der Waals surface area contributed by atoms with Gasteiger partial charge in [-0.05, 0) is 17.4 Å². The number of carbonyl (C=O) groups excluding carboxylic acids is 1. The summed E-state index contributed by atoms with van der Waals surface area (Å²) in [6, 6.07) is 7.54. The molecule has 0 aliphatic rings. The number of ketones is 1. The smallest absolute Gasteiger partial charge is 0.191 e. The van der Waals surface area contributed by atoms with Gasteiger partial charge in [0.2, 0.25) is 0 Å². The van der Waals surface area contributed by atoms with Gasteiger partial charge in [0.05, 0.1) is 0 Å². The fourth-order valence-corrected chi connectivity index (χ4v) is 1.68. The first-order chi connectivity index (χ1) is 7.97. The van der Waals surface area contributed by atoms with Crippen molar-refractivity contribution in [1.29, 1.82) is 0 Å². The Balaban J connectivity index is 2.83. The molecule has 2 nitrogen and oxygen atoms in total. The highest BCUT2D eigenvalue weighted by Gasteiger charge is 2.22. The Hall–Kier alpha value is -1.15. The van der Waals surface area contributed by atoms with E-state index in [1.807, 2.05) is 38.1 Å². The van der Waals surface area contributed by atoms with E-state index < -0.39 is 6.10 Å². The highest BCUT2D eigenvalue weighted by atomic mass is 16.3. The van der Waals surface area contributed by atoms with Crippen molar-refractivity contribution in [2.24, 2.45) is 5.92 Å². The van der Waals surface area contributed by atoms with Gasteiger partial charge < -0.3 is 5.11 Å². The third kappa shape index (κ3) is 3.40. The maximum absolute atomic E-state index is 12.0. The lowest BCUT2D eigenvalue weighted by Crippen LogP contribution is -2.27. The van der Waals surface area contributed by atoms with E-state index in [-0.39, 0.29) is 11.7 Å². The summed E-state index contributed by atoms with van der Waals surface area (Å²) in [5.41, 5.74) is 1.81. The molecule has 0 aliphatic carbocycles. The van der Waals surface area contributed by atoms with Gasteiger partial charge >= 0.3 is 0 Å². The summed E-state index contributed by atoms with van der Waals surface area (Å²) in [5.74, 6) is 0.292. The van der Waals surface area contributed by atoms with E-state index in [0.717, 1.165) is 6.42 Å². The molecule has 0 fully saturated rings. The highest BCUT2D eigenvalue weighted by Crippen LogP contribution is 2.17. The van der Waals surface area contributed by atoms with Gasteiger partial charge in [-0.1, -0.05) is 58.4 Å². The van der Waals surface area contributed by atoms with Crippen LogP contribution in [0.2, 0.25) is 0 Å². The predicted molar refractivity (Wildman–Crippen MR) is 70.3 cm³/mol. The normalized spacial score (nSPS) is 14.7. The molecule has 1 aromatic rings. The van der Waals surface area contributed by atoms with Crippen LogP contribution in [0.5, 0.6) is 0 Å². The summed E-state index contributed by atoms with van der Waals surface area (Å²) in [7, 11) is 0. The molecule has 2 heteroatoms. The summed E-state index contributed by atoms with van der Waals surface area (Å²) < 4.78 is 0. The van der Waals surface area contributed by atoms with E-state index in [1.54, 1.807) is 0 Å². The number of aliphatic hydroxyl groups excluding tert-OH is 1. The maximum atomic E-state index is 12.0. The fraction of sp³-hybridized carbons (Fsp3) is 0.533. The Labute approximate surface area is 104 Å². The van der Waals surface area contributed by atoms with Crippen molar-refractivity contribution < 1.29 is 9.90 Å². The van der Waals surface area contributed by atoms with Crippen LogP contribution in [0.15, 0.2) is 24.3 Å². The van der Waals surface area contributed by atoms with Crippen LogP contribution < -0.4 is 0 Å². The highest BCUT2D eigenvalue weighted by molar-refractivity contribution is 5.99. The molecule has 0 radical (unpaired) electrons. The van der Waals surface area contributed by atoms with Crippen LogP contribution in [0.1, 0.15) is 56.0 Å². The van der Waals surface area contributed by atoms with Crippen LogP contribution in [0, 0.1) is 5.92 Å². The number of hydrogen-bond donors (Lipinski definition) is 1. The first-order valence-electron chi connectivity index (χ1n) is 6.29. The summed E-state index contributed by atoms with van der Waals surface area (Å²) >= 11 is 0. The first kappa shape index (κ1) is 13.9. The summed E-state index contributed by atoms with van der Waals surface area (Å²) in [6.45, 7) is 8.10. The van der Waals surface area contributed by atoms with Gasteiger partial charge in [0.1, 0.15) is 6.10 Å². The lowest BCUT2D eigenvalue weighted by atomic mass is 9.93. The van der Waals surface area contributed by atoms with E-state index in [1.165, 1.54) is 5.56 Å². The molecule has 2 atom stereocenters. The average molecular weight is 234 g/mol. The molecule has 0 bridgehead atoms. The second-order valence-corrected chi connectivity index (χ2v) is 4.97. The lowest BCUT2D eigenvalue weighted by molar-refractivity contribution is 0.0620. The quantitative estimate of drug-likeness (QED) is 0.793. The van der Waals surface area contributed by atoms with Gasteiger partial charge in [-0.3, -0.25) is 4.79 Å². The number of Topliss-reactive ketones (excluding diaryl/α,β-unsaturated/α-hetero) is 1. The van der Waals surface area contributed by atoms with E-state index >= 15 is 0 Å². The van der Waals surface area contributed by atoms with Crippen molar-refractivity contribution in [3.8, 4) is 0 Å². The van der Waals surface area contributed by atoms with E-state index in [2.05, 4.69) is 13.8 Å². The Morgan fingerprint density at radius 1 is 1.18 bits per heavy atom. The minimum Gasteiger partial charge on any atom is -0.385 e. The van der Waals surface area contributed by atoms with E-state index in [4.69, 9.17) is 0 Å². The molecular formula is C15H22O2. The van der Waals surface area contributed by atoms with Gasteiger partial charge in [0, 0.05) is 5.56 Å². The molecule has 0 aromatic heterocycles. The first-order valence-corrected chi connectivity index (χ1v) is 6.29. The standard InChI is InChI=1S/C15H22O2/c1-5-11(4)14(16)15(17)13-8-6-12(7-9-13)10(2)3/h6-11,14,16H,5H2,1-4H3. The minimum atomic E-state index is -0.884. The molecule has 0 aliphatic heterocycles. The zero-order chi connectivity index (χ0) is 13.0. The van der Waals surface area contributed by atoms with Crippen LogP contribution in [-0.4, -0.2) is 17.0 Å². The molecule has 2 unspecified atom stereocenters. The number of aliphatic hydroxyl groups is 1. The molecule has 0 heterocycles. The summed E-state index contributed by atoms with van der Waals surface area (Å²) in [4.78, 5) is 12.0. The predicted octanol–water partition coefficient (Wildman–Crippen LogP) is 3.40. The van der Waals surface area contributed by atoms with Crippen molar-refractivity contribution in [3.63, 3.8) is 0 Å². The third-order valence-corrected chi connectivity index (χ3v) is 3.31. The Bertz CT molecular complexity index is 365. The summed E-state index contributed by atoms with van der Waals surface area (Å²) in [5, 5.41) is 9.87. The molecule has 0 saturated heterocycles. The molecule has 1 aromatic carbocycles. The largest absolute Gasteiger partial charge is 0.385 e. The Morgan fingerprint density at radius 2 is 1.71 bits per heavy atom. The molecule has 0 amide bonds. The van der Waals surface area contributed by atoms with Crippen molar-refractivity contribution in [2.75, 3.05) is 0 Å². The number of carbonyl (C=O) groups is 1.